The molecule has 1 amide bonds. The number of hydrogen-bond acceptors (Lipinski definition) is 7. The number of aromatic nitrogens is 6. The molecule has 10 nitrogen and oxygen atoms in total. The number of piperazine rings is 1. The number of rotatable bonds is 6. The highest BCUT2D eigenvalue weighted by Crippen LogP contribution is 2.35. The molecule has 5 aromatic rings. The lowest BCUT2D eigenvalue weighted by atomic mass is 10.0. The molecule has 198 valence electrons. The molecule has 0 unspecified atom stereocenters. The molecule has 0 aliphatic carbocycles. The molecular weight excluding hydrogens is 492 g/mol. The van der Waals surface area contributed by atoms with Crippen LogP contribution in [0.2, 0.25) is 0 Å². The van der Waals surface area contributed by atoms with Gasteiger partial charge in [0.25, 0.3) is 5.91 Å². The molecule has 0 saturated carbocycles. The fourth-order valence-electron chi connectivity index (χ4n) is 5.25. The maximum absolute atomic E-state index is 14.1. The van der Waals surface area contributed by atoms with E-state index in [1.165, 1.54) is 4.80 Å². The van der Waals surface area contributed by atoms with Crippen molar-refractivity contribution in [1.82, 2.24) is 34.7 Å². The van der Waals surface area contributed by atoms with Crippen molar-refractivity contribution in [2.75, 3.05) is 37.7 Å². The first kappa shape index (κ1) is 24.7. The Balaban J connectivity index is 1.22. The van der Waals surface area contributed by atoms with Crippen molar-refractivity contribution in [3.8, 4) is 22.6 Å². The number of fused-ring (bicyclic) bond motifs is 1. The van der Waals surface area contributed by atoms with E-state index >= 15 is 0 Å². The van der Waals surface area contributed by atoms with Crippen LogP contribution in [-0.2, 0) is 13.6 Å². The first-order valence-corrected chi connectivity index (χ1v) is 13.1. The summed E-state index contributed by atoms with van der Waals surface area (Å²) in [5.41, 5.74) is 5.69. The van der Waals surface area contributed by atoms with E-state index in [9.17, 15) is 4.79 Å². The van der Waals surface area contributed by atoms with E-state index in [0.29, 0.717) is 38.5 Å². The van der Waals surface area contributed by atoms with Gasteiger partial charge in [0, 0.05) is 55.9 Å². The fraction of sp³-hybridized carbons (Fsp3) is 0.276. The van der Waals surface area contributed by atoms with Crippen LogP contribution in [0.3, 0.4) is 0 Å². The van der Waals surface area contributed by atoms with Crippen LogP contribution in [0.15, 0.2) is 66.9 Å². The van der Waals surface area contributed by atoms with E-state index in [-0.39, 0.29) is 12.5 Å². The maximum Gasteiger partial charge on any atom is 0.256 e. The number of carbonyl (C=O) groups is 1. The van der Waals surface area contributed by atoms with Crippen molar-refractivity contribution in [2.24, 2.45) is 7.05 Å². The molecule has 1 aliphatic heterocycles. The summed E-state index contributed by atoms with van der Waals surface area (Å²) in [6, 6.07) is 20.3. The van der Waals surface area contributed by atoms with Crippen LogP contribution in [-0.4, -0.2) is 78.5 Å². The number of aliphatic hydroxyl groups excluding tert-OH is 1. The van der Waals surface area contributed by atoms with Gasteiger partial charge in [0.05, 0.1) is 24.4 Å². The van der Waals surface area contributed by atoms with Crippen molar-refractivity contribution in [3.63, 3.8) is 0 Å². The zero-order valence-electron chi connectivity index (χ0n) is 22.0. The van der Waals surface area contributed by atoms with Crippen LogP contribution >= 0.6 is 0 Å². The lowest BCUT2D eigenvalue weighted by Crippen LogP contribution is -2.49. The maximum atomic E-state index is 14.1. The molecular formula is C29H30N8O2. The van der Waals surface area contributed by atoms with Gasteiger partial charge in [-0.1, -0.05) is 42.0 Å². The minimum absolute atomic E-state index is 0.0465. The molecule has 6 rings (SSSR count). The topological polar surface area (TPSA) is 105 Å². The number of benzene rings is 2. The van der Waals surface area contributed by atoms with E-state index in [0.717, 1.165) is 44.7 Å². The number of anilines is 1. The number of aliphatic hydroxyl groups is 1. The van der Waals surface area contributed by atoms with Crippen molar-refractivity contribution >= 4 is 22.6 Å². The third-order valence-corrected chi connectivity index (χ3v) is 7.27. The average molecular weight is 523 g/mol. The Labute approximate surface area is 226 Å². The second kappa shape index (κ2) is 10.3. The average Bonchev–Trinajstić information content (AvgIpc) is 3.55. The van der Waals surface area contributed by atoms with E-state index in [1.54, 1.807) is 6.20 Å². The number of aryl methyl sites for hydroxylation is 2. The van der Waals surface area contributed by atoms with Gasteiger partial charge in [-0.25, -0.2) is 4.98 Å². The highest BCUT2D eigenvalue weighted by Gasteiger charge is 2.29. The molecule has 10 heteroatoms. The largest absolute Gasteiger partial charge is 0.394 e. The second-order valence-electron chi connectivity index (χ2n) is 9.79. The molecule has 0 spiro atoms. The number of hydrogen-bond donors (Lipinski definition) is 1. The summed E-state index contributed by atoms with van der Waals surface area (Å²) >= 11 is 0. The van der Waals surface area contributed by atoms with Gasteiger partial charge >= 0.3 is 0 Å². The van der Waals surface area contributed by atoms with Crippen LogP contribution in [0.5, 0.6) is 0 Å². The molecule has 39 heavy (non-hydrogen) atoms. The Bertz CT molecular complexity index is 1620. The second-order valence-corrected chi connectivity index (χ2v) is 9.79. The smallest absolute Gasteiger partial charge is 0.256 e. The molecule has 0 atom stereocenters. The summed E-state index contributed by atoms with van der Waals surface area (Å²) in [6.45, 7) is 4.90. The highest BCUT2D eigenvalue weighted by molar-refractivity contribution is 6.13. The van der Waals surface area contributed by atoms with Gasteiger partial charge in [0.1, 0.15) is 5.82 Å². The standard InChI is InChI=1S/C29H30N8O2/c1-20-8-10-24-23(18-20)26(27(34(24)2)21-6-4-3-5-7-21)29(39)36-14-12-35(13-15-36)25-11-9-22(19-30-25)28-31-33-37(32-28)16-17-38/h3-11,18-19,38H,12-17H2,1-2H3. The molecule has 1 saturated heterocycles. The van der Waals surface area contributed by atoms with Gasteiger partial charge in [-0.2, -0.15) is 4.80 Å². The zero-order valence-corrected chi connectivity index (χ0v) is 22.0. The molecule has 1 N–H and O–H groups in total. The van der Waals surface area contributed by atoms with Crippen molar-refractivity contribution in [2.45, 2.75) is 13.5 Å². The van der Waals surface area contributed by atoms with Gasteiger partial charge in [0.2, 0.25) is 5.82 Å². The third-order valence-electron chi connectivity index (χ3n) is 7.27. The summed E-state index contributed by atoms with van der Waals surface area (Å²) in [5, 5.41) is 22.3. The first-order chi connectivity index (χ1) is 19.0. The molecule has 4 heterocycles. The predicted molar refractivity (Wildman–Crippen MR) is 149 cm³/mol. The Morgan fingerprint density at radius 2 is 1.77 bits per heavy atom. The normalized spacial score (nSPS) is 13.8. The number of carbonyl (C=O) groups excluding carboxylic acids is 1. The summed E-state index contributed by atoms with van der Waals surface area (Å²) in [5.74, 6) is 1.38. The molecule has 2 aromatic carbocycles. The van der Waals surface area contributed by atoms with Gasteiger partial charge in [-0.15, -0.1) is 10.2 Å². The third kappa shape index (κ3) is 4.63. The number of pyridine rings is 1. The van der Waals surface area contributed by atoms with Crippen LogP contribution < -0.4 is 4.90 Å². The highest BCUT2D eigenvalue weighted by atomic mass is 16.3. The Hall–Kier alpha value is -4.57. The lowest BCUT2D eigenvalue weighted by molar-refractivity contribution is 0.0749. The quantitative estimate of drug-likeness (QED) is 0.365. The summed E-state index contributed by atoms with van der Waals surface area (Å²) in [7, 11) is 2.03. The first-order valence-electron chi connectivity index (χ1n) is 13.1. The van der Waals surface area contributed by atoms with E-state index < -0.39 is 0 Å². The van der Waals surface area contributed by atoms with Crippen LogP contribution in [0.25, 0.3) is 33.5 Å². The van der Waals surface area contributed by atoms with Crippen LogP contribution in [0, 0.1) is 6.92 Å². The fourth-order valence-corrected chi connectivity index (χ4v) is 5.25. The minimum atomic E-state index is -0.0465. The Morgan fingerprint density at radius 1 is 0.974 bits per heavy atom. The van der Waals surface area contributed by atoms with Crippen molar-refractivity contribution in [1.29, 1.82) is 0 Å². The van der Waals surface area contributed by atoms with E-state index in [1.807, 2.05) is 42.3 Å². The lowest BCUT2D eigenvalue weighted by Gasteiger charge is -2.35. The Kier molecular flexibility index (Phi) is 6.54. The van der Waals surface area contributed by atoms with Crippen LogP contribution in [0.1, 0.15) is 15.9 Å². The molecule has 0 bridgehead atoms. The molecule has 3 aromatic heterocycles. The van der Waals surface area contributed by atoms with Crippen LogP contribution in [0.4, 0.5) is 5.82 Å². The van der Waals surface area contributed by atoms with Gasteiger partial charge in [-0.3, -0.25) is 4.79 Å². The van der Waals surface area contributed by atoms with Gasteiger partial charge in [-0.05, 0) is 42.0 Å². The SMILES string of the molecule is Cc1ccc2c(c1)c(C(=O)N1CCN(c3ccc(-c4nnn(CCO)n4)cn3)CC1)c(-c1ccccc1)n2C. The summed E-state index contributed by atoms with van der Waals surface area (Å²) in [6.07, 6.45) is 1.73. The summed E-state index contributed by atoms with van der Waals surface area (Å²) < 4.78 is 2.14. The number of tetrazole rings is 1. The van der Waals surface area contributed by atoms with E-state index in [4.69, 9.17) is 5.11 Å². The number of nitrogens with zero attached hydrogens (tertiary/aromatic N) is 8. The van der Waals surface area contributed by atoms with Gasteiger partial charge in [0.15, 0.2) is 0 Å². The number of amides is 1. The van der Waals surface area contributed by atoms with Crippen molar-refractivity contribution in [3.05, 3.63) is 78.0 Å². The molecule has 0 radical (unpaired) electrons. The Morgan fingerprint density at radius 3 is 2.49 bits per heavy atom. The zero-order chi connectivity index (χ0) is 26.9. The minimum Gasteiger partial charge on any atom is -0.394 e. The monoisotopic (exact) mass is 522 g/mol. The van der Waals surface area contributed by atoms with Crippen molar-refractivity contribution < 1.29 is 9.90 Å². The molecule has 1 aliphatic rings. The predicted octanol–water partition coefficient (Wildman–Crippen LogP) is 3.16. The van der Waals surface area contributed by atoms with Gasteiger partial charge < -0.3 is 19.5 Å². The molecule has 1 fully saturated rings. The van der Waals surface area contributed by atoms with E-state index in [2.05, 4.69) is 67.1 Å². The summed E-state index contributed by atoms with van der Waals surface area (Å²) in [4.78, 5) is 24.2.